The highest BCUT2D eigenvalue weighted by atomic mass is 16.5. The van der Waals surface area contributed by atoms with Crippen LogP contribution in [0.3, 0.4) is 0 Å². The van der Waals surface area contributed by atoms with E-state index in [0.717, 1.165) is 35.2 Å². The predicted molar refractivity (Wildman–Crippen MR) is 75.9 cm³/mol. The summed E-state index contributed by atoms with van der Waals surface area (Å²) in [7, 11) is 0. The Morgan fingerprint density at radius 2 is 2.15 bits per heavy atom. The maximum atomic E-state index is 10.9. The summed E-state index contributed by atoms with van der Waals surface area (Å²) in [6.07, 6.45) is 2.04. The monoisotopic (exact) mass is 271 g/mol. The molecule has 0 unspecified atom stereocenters. The highest BCUT2D eigenvalue weighted by molar-refractivity contribution is 5.84. The summed E-state index contributed by atoms with van der Waals surface area (Å²) in [5.74, 6) is -0.0131. The van der Waals surface area contributed by atoms with Crippen LogP contribution in [0.1, 0.15) is 25.0 Å². The summed E-state index contributed by atoms with van der Waals surface area (Å²) in [5, 5.41) is 9.96. The number of hydrogen-bond acceptors (Lipinski definition) is 3. The lowest BCUT2D eigenvalue weighted by Crippen LogP contribution is -2.17. The normalized spacial score (nSPS) is 16.1. The average molecular weight is 271 g/mol. The van der Waals surface area contributed by atoms with E-state index >= 15 is 0 Å². The highest BCUT2D eigenvalue weighted by Gasteiger charge is 2.45. The minimum absolute atomic E-state index is 0.169. The Labute approximate surface area is 117 Å². The summed E-state index contributed by atoms with van der Waals surface area (Å²) in [5.41, 5.74) is 1.62. The molecule has 1 N–H and O–H groups in total. The third-order valence-corrected chi connectivity index (χ3v) is 3.84. The number of nitrogens with zero attached hydrogens (tertiary/aromatic N) is 1. The third kappa shape index (κ3) is 2.59. The van der Waals surface area contributed by atoms with Crippen LogP contribution in [0.2, 0.25) is 0 Å². The molecule has 0 amide bonds. The molecule has 0 atom stereocenters. The van der Waals surface area contributed by atoms with Crippen LogP contribution in [0, 0.1) is 12.3 Å². The van der Waals surface area contributed by atoms with Gasteiger partial charge in [-0.1, -0.05) is 18.2 Å². The first-order chi connectivity index (χ1) is 9.58. The van der Waals surface area contributed by atoms with E-state index in [0.29, 0.717) is 6.61 Å². The topological polar surface area (TPSA) is 59.4 Å². The zero-order valence-corrected chi connectivity index (χ0v) is 11.4. The van der Waals surface area contributed by atoms with Gasteiger partial charge in [0.25, 0.3) is 0 Å². The van der Waals surface area contributed by atoms with Crippen molar-refractivity contribution in [2.24, 2.45) is 5.41 Å². The van der Waals surface area contributed by atoms with Crippen molar-refractivity contribution in [3.63, 3.8) is 0 Å². The second kappa shape index (κ2) is 4.78. The third-order valence-electron chi connectivity index (χ3n) is 3.84. The van der Waals surface area contributed by atoms with Gasteiger partial charge < -0.3 is 9.84 Å². The van der Waals surface area contributed by atoms with Gasteiger partial charge in [0.2, 0.25) is 0 Å². The van der Waals surface area contributed by atoms with E-state index in [1.165, 1.54) is 0 Å². The number of carbonyl (C=O) groups is 1. The molecule has 1 aliphatic rings. The van der Waals surface area contributed by atoms with Crippen LogP contribution < -0.4 is 4.74 Å². The number of carboxylic acids is 1. The number of aliphatic carboxylic acids is 1. The summed E-state index contributed by atoms with van der Waals surface area (Å²) in [4.78, 5) is 15.4. The van der Waals surface area contributed by atoms with Crippen LogP contribution in [0.5, 0.6) is 5.75 Å². The number of aromatic nitrogens is 1. The lowest BCUT2D eigenvalue weighted by atomic mass is 10.0. The fourth-order valence-corrected chi connectivity index (χ4v) is 2.43. The number of fused-ring (bicyclic) bond motifs is 1. The van der Waals surface area contributed by atoms with E-state index in [4.69, 9.17) is 9.84 Å². The molecule has 1 aromatic heterocycles. The molecule has 0 spiro atoms. The van der Waals surface area contributed by atoms with Gasteiger partial charge in [-0.3, -0.25) is 4.79 Å². The van der Waals surface area contributed by atoms with Crippen molar-refractivity contribution < 1.29 is 14.6 Å². The van der Waals surface area contributed by atoms with Crippen molar-refractivity contribution in [3.05, 3.63) is 36.0 Å². The van der Waals surface area contributed by atoms with Crippen LogP contribution in [-0.4, -0.2) is 22.7 Å². The molecule has 3 rings (SSSR count). The van der Waals surface area contributed by atoms with Crippen molar-refractivity contribution in [1.82, 2.24) is 4.98 Å². The van der Waals surface area contributed by atoms with Crippen molar-refractivity contribution in [2.75, 3.05) is 6.61 Å². The SMILES string of the molecule is Cc1ccc2cccc(OCC3(CC(=O)O)CC3)c2n1. The van der Waals surface area contributed by atoms with Crippen molar-refractivity contribution in [3.8, 4) is 5.75 Å². The molecule has 1 aliphatic carbocycles. The number of ether oxygens (including phenoxy) is 1. The minimum Gasteiger partial charge on any atom is -0.491 e. The Balaban J connectivity index is 1.81. The van der Waals surface area contributed by atoms with Crippen LogP contribution in [-0.2, 0) is 4.79 Å². The molecule has 104 valence electrons. The van der Waals surface area contributed by atoms with Gasteiger partial charge in [-0.25, -0.2) is 4.98 Å². The van der Waals surface area contributed by atoms with Gasteiger partial charge in [0.05, 0.1) is 13.0 Å². The van der Waals surface area contributed by atoms with Gasteiger partial charge in [-0.2, -0.15) is 0 Å². The van der Waals surface area contributed by atoms with E-state index < -0.39 is 5.97 Å². The van der Waals surface area contributed by atoms with Crippen molar-refractivity contribution in [1.29, 1.82) is 0 Å². The van der Waals surface area contributed by atoms with E-state index in [1.54, 1.807) is 0 Å². The first-order valence-corrected chi connectivity index (χ1v) is 6.79. The molecule has 0 aliphatic heterocycles. The van der Waals surface area contributed by atoms with Gasteiger partial charge in [0.15, 0.2) is 0 Å². The first kappa shape index (κ1) is 12.9. The lowest BCUT2D eigenvalue weighted by molar-refractivity contribution is -0.138. The highest BCUT2D eigenvalue weighted by Crippen LogP contribution is 2.49. The Bertz CT molecular complexity index is 662. The van der Waals surface area contributed by atoms with Gasteiger partial charge in [-0.05, 0) is 31.9 Å². The van der Waals surface area contributed by atoms with Crippen LogP contribution in [0.4, 0.5) is 0 Å². The molecule has 1 heterocycles. The molecule has 4 heteroatoms. The lowest BCUT2D eigenvalue weighted by Gasteiger charge is -2.15. The molecule has 20 heavy (non-hydrogen) atoms. The standard InChI is InChI=1S/C16H17NO3/c1-11-5-6-12-3-2-4-13(15(12)17-11)20-10-16(7-8-16)9-14(18)19/h2-6H,7-10H2,1H3,(H,18,19). The average Bonchev–Trinajstić information content (AvgIpc) is 3.15. The smallest absolute Gasteiger partial charge is 0.304 e. The summed E-state index contributed by atoms with van der Waals surface area (Å²) in [6.45, 7) is 2.40. The molecular weight excluding hydrogens is 254 g/mol. The fraction of sp³-hybridized carbons (Fsp3) is 0.375. The number of benzene rings is 1. The molecule has 2 aromatic rings. The summed E-state index contributed by atoms with van der Waals surface area (Å²) < 4.78 is 5.88. The van der Waals surface area contributed by atoms with Gasteiger partial charge in [0.1, 0.15) is 11.3 Å². The fourth-order valence-electron chi connectivity index (χ4n) is 2.43. The summed E-state index contributed by atoms with van der Waals surface area (Å²) in [6, 6.07) is 9.82. The molecule has 1 aromatic carbocycles. The molecule has 0 radical (unpaired) electrons. The molecule has 0 saturated heterocycles. The van der Waals surface area contributed by atoms with Gasteiger partial charge in [0, 0.05) is 16.5 Å². The Morgan fingerprint density at radius 3 is 2.85 bits per heavy atom. The Kier molecular flexibility index (Phi) is 3.08. The predicted octanol–water partition coefficient (Wildman–Crippen LogP) is 3.18. The van der Waals surface area contributed by atoms with E-state index in [-0.39, 0.29) is 11.8 Å². The number of para-hydroxylation sites is 1. The molecule has 0 bridgehead atoms. The molecular formula is C16H17NO3. The minimum atomic E-state index is -0.752. The van der Waals surface area contributed by atoms with E-state index in [9.17, 15) is 4.79 Å². The Hall–Kier alpha value is -2.10. The van der Waals surface area contributed by atoms with Crippen molar-refractivity contribution in [2.45, 2.75) is 26.2 Å². The molecule has 1 saturated carbocycles. The number of hydrogen-bond donors (Lipinski definition) is 1. The number of aryl methyl sites for hydroxylation is 1. The Morgan fingerprint density at radius 1 is 1.35 bits per heavy atom. The zero-order chi connectivity index (χ0) is 14.2. The maximum absolute atomic E-state index is 10.9. The first-order valence-electron chi connectivity index (χ1n) is 6.79. The van der Waals surface area contributed by atoms with E-state index in [1.807, 2.05) is 37.3 Å². The maximum Gasteiger partial charge on any atom is 0.304 e. The second-order valence-electron chi connectivity index (χ2n) is 5.64. The summed E-state index contributed by atoms with van der Waals surface area (Å²) >= 11 is 0. The van der Waals surface area contributed by atoms with E-state index in [2.05, 4.69) is 4.98 Å². The quantitative estimate of drug-likeness (QED) is 0.907. The molecule has 4 nitrogen and oxygen atoms in total. The zero-order valence-electron chi connectivity index (χ0n) is 11.4. The second-order valence-corrected chi connectivity index (χ2v) is 5.64. The van der Waals surface area contributed by atoms with Crippen molar-refractivity contribution >= 4 is 16.9 Å². The van der Waals surface area contributed by atoms with Crippen LogP contribution >= 0.6 is 0 Å². The number of rotatable bonds is 5. The van der Waals surface area contributed by atoms with Gasteiger partial charge in [-0.15, -0.1) is 0 Å². The van der Waals surface area contributed by atoms with Crippen LogP contribution in [0.15, 0.2) is 30.3 Å². The van der Waals surface area contributed by atoms with Gasteiger partial charge >= 0.3 is 5.97 Å². The number of carboxylic acid groups (broad SMARTS) is 1. The van der Waals surface area contributed by atoms with Crippen LogP contribution in [0.25, 0.3) is 10.9 Å². The number of pyridine rings is 1. The largest absolute Gasteiger partial charge is 0.491 e. The molecule has 1 fully saturated rings.